The number of nitrogens with zero attached hydrogens (tertiary/aromatic N) is 2. The largest absolute Gasteiger partial charge is 0.457 e. The van der Waals surface area contributed by atoms with Crippen molar-refractivity contribution in [2.24, 2.45) is 0 Å². The second-order valence-corrected chi connectivity index (χ2v) is 18.8. The van der Waals surface area contributed by atoms with E-state index in [0.29, 0.717) is 0 Å². The highest BCUT2D eigenvalue weighted by atomic mass is 16.5. The van der Waals surface area contributed by atoms with Crippen LogP contribution in [0.1, 0.15) is 47.2 Å². The molecule has 3 aliphatic rings. The molecule has 0 radical (unpaired) electrons. The quantitative estimate of drug-likeness (QED) is 0.166. The van der Waals surface area contributed by atoms with E-state index in [1.807, 2.05) is 6.07 Å². The topological polar surface area (TPSA) is 28.9 Å². The lowest BCUT2D eigenvalue weighted by molar-refractivity contribution is 0.436. The summed E-state index contributed by atoms with van der Waals surface area (Å²) in [4.78, 5) is 4.83. The highest BCUT2D eigenvalue weighted by Crippen LogP contribution is 2.63. The molecule has 0 atom stereocenters. The smallest absolute Gasteiger partial charge is 0.159 e. The molecule has 0 saturated heterocycles. The molecule has 0 amide bonds. The fourth-order valence-electron chi connectivity index (χ4n) is 12.0. The predicted octanol–water partition coefficient (Wildman–Crippen LogP) is 17.3. The zero-order chi connectivity index (χ0) is 45.1. The lowest BCUT2D eigenvalue weighted by Crippen LogP contribution is -2.32. The maximum absolute atomic E-state index is 6.88. The second-order valence-electron chi connectivity index (χ2n) is 18.8. The molecule has 0 bridgehead atoms. The molecule has 1 aromatic heterocycles. The molecule has 4 heteroatoms. The number of fused-ring (bicyclic) bond motifs is 15. The van der Waals surface area contributed by atoms with Crippen molar-refractivity contribution in [3.05, 3.63) is 264 Å². The molecule has 322 valence electrons. The third kappa shape index (κ3) is 5.31. The van der Waals surface area contributed by atoms with Crippen molar-refractivity contribution in [1.29, 1.82) is 0 Å². The summed E-state index contributed by atoms with van der Waals surface area (Å²) >= 11 is 0. The Hall–Kier alpha value is -8.60. The Kier molecular flexibility index (Phi) is 8.21. The first-order valence-corrected chi connectivity index (χ1v) is 23.5. The van der Waals surface area contributed by atoms with Crippen molar-refractivity contribution in [1.82, 2.24) is 0 Å². The van der Waals surface area contributed by atoms with Crippen molar-refractivity contribution >= 4 is 56.1 Å². The number of para-hydroxylation sites is 5. The molecule has 0 unspecified atom stereocenters. The van der Waals surface area contributed by atoms with Gasteiger partial charge in [0.05, 0.1) is 16.8 Å². The van der Waals surface area contributed by atoms with Crippen LogP contribution in [-0.4, -0.2) is 0 Å². The number of hydrogen-bond acceptors (Lipinski definition) is 4. The Morgan fingerprint density at radius 1 is 0.353 bits per heavy atom. The Labute approximate surface area is 395 Å². The summed E-state index contributed by atoms with van der Waals surface area (Å²) in [5.41, 5.74) is 19.7. The summed E-state index contributed by atoms with van der Waals surface area (Å²) in [6.07, 6.45) is 0. The first kappa shape index (κ1) is 38.6. The number of anilines is 6. The van der Waals surface area contributed by atoms with Crippen LogP contribution in [0.25, 0.3) is 44.2 Å². The molecule has 1 aliphatic heterocycles. The molecular weight excluding hydrogens is 829 g/mol. The third-order valence-electron chi connectivity index (χ3n) is 14.9. The van der Waals surface area contributed by atoms with Gasteiger partial charge in [-0.15, -0.1) is 0 Å². The van der Waals surface area contributed by atoms with Crippen LogP contribution in [0.4, 0.5) is 34.1 Å². The minimum absolute atomic E-state index is 0.145. The van der Waals surface area contributed by atoms with Crippen LogP contribution >= 0.6 is 0 Å². The standard InChI is InChI=1S/C64H44N2O2/c1-63(2)50-27-9-7-25-48(50)61-55(63)31-18-32-56(61)65(41-19-4-3-5-20-41)42-21-16-22-43(39-42)66(57-33-17-26-47-46-24-8-13-34-58(46)68-62(47)57)44-37-38-52-49(40-44)45-23-6-10-28-51(45)64(52)53-29-11-14-35-59(53)67-60-36-15-12-30-54(60)64/h3-40H,1-2H3. The Morgan fingerprint density at radius 2 is 0.882 bits per heavy atom. The van der Waals surface area contributed by atoms with Gasteiger partial charge < -0.3 is 19.0 Å². The van der Waals surface area contributed by atoms with Crippen LogP contribution < -0.4 is 14.5 Å². The van der Waals surface area contributed by atoms with Crippen LogP contribution in [-0.2, 0) is 10.8 Å². The van der Waals surface area contributed by atoms with Crippen molar-refractivity contribution < 1.29 is 9.15 Å². The monoisotopic (exact) mass is 872 g/mol. The molecule has 4 nitrogen and oxygen atoms in total. The van der Waals surface area contributed by atoms with E-state index < -0.39 is 5.41 Å². The Balaban J connectivity index is 1.02. The molecule has 0 N–H and O–H groups in total. The second kappa shape index (κ2) is 14.4. The minimum Gasteiger partial charge on any atom is -0.457 e. The van der Waals surface area contributed by atoms with Crippen LogP contribution in [0.3, 0.4) is 0 Å². The van der Waals surface area contributed by atoms with Crippen molar-refractivity contribution in [2.75, 3.05) is 9.80 Å². The highest BCUT2D eigenvalue weighted by molar-refractivity contribution is 6.10. The van der Waals surface area contributed by atoms with Gasteiger partial charge in [-0.05, 0) is 112 Å². The molecule has 14 rings (SSSR count). The van der Waals surface area contributed by atoms with Gasteiger partial charge in [0, 0.05) is 55.6 Å². The van der Waals surface area contributed by atoms with Crippen LogP contribution in [0.2, 0.25) is 0 Å². The van der Waals surface area contributed by atoms with Crippen molar-refractivity contribution in [2.45, 2.75) is 24.7 Å². The van der Waals surface area contributed by atoms with E-state index in [4.69, 9.17) is 9.15 Å². The summed E-state index contributed by atoms with van der Waals surface area (Å²) in [5, 5.41) is 2.17. The van der Waals surface area contributed by atoms with Crippen molar-refractivity contribution in [3.63, 3.8) is 0 Å². The summed E-state index contributed by atoms with van der Waals surface area (Å²) in [5.74, 6) is 1.76. The molecule has 0 saturated carbocycles. The third-order valence-corrected chi connectivity index (χ3v) is 14.9. The molecule has 2 aliphatic carbocycles. The lowest BCUT2D eigenvalue weighted by Gasteiger charge is -2.39. The normalized spacial score (nSPS) is 14.1. The van der Waals surface area contributed by atoms with Gasteiger partial charge in [0.2, 0.25) is 0 Å². The van der Waals surface area contributed by atoms with Gasteiger partial charge in [-0.25, -0.2) is 0 Å². The average molecular weight is 873 g/mol. The molecule has 68 heavy (non-hydrogen) atoms. The molecule has 10 aromatic carbocycles. The number of ether oxygens (including phenoxy) is 1. The SMILES string of the molecule is CC1(C)c2ccccc2-c2c(N(c3ccccc3)c3cccc(N(c4ccc5c(c4)-c4ccccc4C54c5ccccc5Oc5ccccc54)c4cccc5c4oc4ccccc45)c3)cccc21. The Morgan fingerprint density at radius 3 is 1.66 bits per heavy atom. The fraction of sp³-hybridized carbons (Fsp3) is 0.0625. The van der Waals surface area contributed by atoms with Gasteiger partial charge in [0.1, 0.15) is 17.1 Å². The summed E-state index contributed by atoms with van der Waals surface area (Å²) in [6.45, 7) is 4.70. The summed E-state index contributed by atoms with van der Waals surface area (Å²) in [6, 6.07) is 83.5. The summed E-state index contributed by atoms with van der Waals surface area (Å²) in [7, 11) is 0. The minimum atomic E-state index is -0.571. The molecule has 2 heterocycles. The summed E-state index contributed by atoms with van der Waals surface area (Å²) < 4.78 is 13.5. The molecule has 0 fully saturated rings. The number of benzene rings is 10. The van der Waals surface area contributed by atoms with Gasteiger partial charge in [0.15, 0.2) is 5.58 Å². The van der Waals surface area contributed by atoms with Gasteiger partial charge in [-0.2, -0.15) is 0 Å². The van der Waals surface area contributed by atoms with Gasteiger partial charge in [-0.1, -0.05) is 172 Å². The van der Waals surface area contributed by atoms with E-state index in [9.17, 15) is 0 Å². The first-order valence-electron chi connectivity index (χ1n) is 23.5. The van der Waals surface area contributed by atoms with Crippen LogP contribution in [0.15, 0.2) is 235 Å². The van der Waals surface area contributed by atoms with Gasteiger partial charge in [-0.3, -0.25) is 0 Å². The number of hydrogen-bond donors (Lipinski definition) is 0. The first-order chi connectivity index (χ1) is 33.5. The zero-order valence-electron chi connectivity index (χ0n) is 37.7. The van der Waals surface area contributed by atoms with E-state index >= 15 is 0 Å². The van der Waals surface area contributed by atoms with E-state index in [2.05, 4.69) is 248 Å². The maximum atomic E-state index is 6.88. The maximum Gasteiger partial charge on any atom is 0.159 e. The van der Waals surface area contributed by atoms with Gasteiger partial charge in [0.25, 0.3) is 0 Å². The molecular formula is C64H44N2O2. The van der Waals surface area contributed by atoms with E-state index in [1.54, 1.807) is 0 Å². The lowest BCUT2D eigenvalue weighted by atomic mass is 9.66. The van der Waals surface area contributed by atoms with Crippen LogP contribution in [0, 0.1) is 0 Å². The fourth-order valence-corrected chi connectivity index (χ4v) is 12.0. The van der Waals surface area contributed by atoms with E-state index in [-0.39, 0.29) is 5.41 Å². The predicted molar refractivity (Wildman–Crippen MR) is 278 cm³/mol. The number of furan rings is 1. The molecule has 1 spiro atoms. The van der Waals surface area contributed by atoms with Crippen molar-refractivity contribution in [3.8, 4) is 33.8 Å². The van der Waals surface area contributed by atoms with Crippen LogP contribution in [0.5, 0.6) is 11.5 Å². The van der Waals surface area contributed by atoms with E-state index in [0.717, 1.165) is 78.7 Å². The number of rotatable bonds is 6. The molecule has 11 aromatic rings. The van der Waals surface area contributed by atoms with E-state index in [1.165, 1.54) is 44.5 Å². The Bertz CT molecular complexity index is 3800. The average Bonchev–Trinajstić information content (AvgIpc) is 3.99. The highest BCUT2D eigenvalue weighted by Gasteiger charge is 2.51. The zero-order valence-corrected chi connectivity index (χ0v) is 37.7. The van der Waals surface area contributed by atoms with Gasteiger partial charge >= 0.3 is 0 Å².